The van der Waals surface area contributed by atoms with Crippen molar-refractivity contribution in [3.05, 3.63) is 88.0 Å². The second kappa shape index (κ2) is 9.19. The van der Waals surface area contributed by atoms with Crippen molar-refractivity contribution < 1.29 is 13.6 Å². The summed E-state index contributed by atoms with van der Waals surface area (Å²) in [6.45, 7) is 1.94. The molecule has 0 fully saturated rings. The number of thioether (sulfide) groups is 1. The van der Waals surface area contributed by atoms with Crippen LogP contribution in [0.4, 0.5) is 10.1 Å². The fraction of sp³-hybridized carbons (Fsp3) is 0.143. The largest absolute Gasteiger partial charge is 0.416 e. The molecule has 2 heterocycles. The standard InChI is InChI=1S/C21H17FN4O2S2/c1-13-23-17(12-29-13)11-18-25-26-21(28-18)30-19(14-5-3-2-4-6-14)20(27)24-16-9-7-15(22)8-10-16/h2-10,12,19H,11H2,1H3,(H,24,27)/t19-/m0/s1. The Morgan fingerprint density at radius 3 is 2.63 bits per heavy atom. The van der Waals surface area contributed by atoms with E-state index in [0.29, 0.717) is 23.2 Å². The van der Waals surface area contributed by atoms with Crippen LogP contribution in [0.3, 0.4) is 0 Å². The minimum atomic E-state index is -0.619. The third-order valence-electron chi connectivity index (χ3n) is 4.12. The van der Waals surface area contributed by atoms with Gasteiger partial charge in [0.15, 0.2) is 0 Å². The Kier molecular flexibility index (Phi) is 6.20. The molecule has 1 atom stereocenters. The molecule has 0 aliphatic carbocycles. The zero-order chi connectivity index (χ0) is 20.9. The molecule has 1 N–H and O–H groups in total. The lowest BCUT2D eigenvalue weighted by molar-refractivity contribution is -0.115. The van der Waals surface area contributed by atoms with E-state index in [4.69, 9.17) is 4.42 Å². The molecule has 30 heavy (non-hydrogen) atoms. The summed E-state index contributed by atoms with van der Waals surface area (Å²) in [4.78, 5) is 17.4. The summed E-state index contributed by atoms with van der Waals surface area (Å²) in [5, 5.41) is 13.6. The molecule has 6 nitrogen and oxygen atoms in total. The molecule has 152 valence electrons. The molecule has 1 amide bonds. The molecule has 4 aromatic rings. The molecule has 9 heteroatoms. The minimum Gasteiger partial charge on any atom is -0.416 e. The van der Waals surface area contributed by atoms with Gasteiger partial charge >= 0.3 is 0 Å². The number of thiazole rings is 1. The highest BCUT2D eigenvalue weighted by molar-refractivity contribution is 8.00. The van der Waals surface area contributed by atoms with Gasteiger partial charge in [-0.3, -0.25) is 4.79 Å². The number of nitrogens with zero attached hydrogens (tertiary/aromatic N) is 3. The number of hydrogen-bond donors (Lipinski definition) is 1. The lowest BCUT2D eigenvalue weighted by Gasteiger charge is -2.15. The van der Waals surface area contributed by atoms with E-state index in [1.54, 1.807) is 11.3 Å². The van der Waals surface area contributed by atoms with Crippen LogP contribution in [0.15, 0.2) is 69.6 Å². The van der Waals surface area contributed by atoms with Crippen molar-refractivity contribution in [3.8, 4) is 0 Å². The van der Waals surface area contributed by atoms with Gasteiger partial charge in [0.2, 0.25) is 11.8 Å². The number of halogens is 1. The van der Waals surface area contributed by atoms with Crippen LogP contribution in [-0.4, -0.2) is 21.1 Å². The summed E-state index contributed by atoms with van der Waals surface area (Å²) in [6, 6.07) is 14.9. The van der Waals surface area contributed by atoms with Crippen molar-refractivity contribution in [1.82, 2.24) is 15.2 Å². The van der Waals surface area contributed by atoms with Crippen LogP contribution in [0, 0.1) is 12.7 Å². The Bertz CT molecular complexity index is 1130. The zero-order valence-electron chi connectivity index (χ0n) is 15.9. The van der Waals surface area contributed by atoms with Gasteiger partial charge in [0, 0.05) is 11.1 Å². The van der Waals surface area contributed by atoms with E-state index in [9.17, 15) is 9.18 Å². The first kappa shape index (κ1) is 20.2. The van der Waals surface area contributed by atoms with Crippen molar-refractivity contribution in [3.63, 3.8) is 0 Å². The second-order valence-electron chi connectivity index (χ2n) is 6.40. The van der Waals surface area contributed by atoms with Crippen LogP contribution in [0.5, 0.6) is 0 Å². The van der Waals surface area contributed by atoms with Crippen molar-refractivity contribution in [2.75, 3.05) is 5.32 Å². The molecule has 0 saturated heterocycles. The summed E-state index contributed by atoms with van der Waals surface area (Å²) in [7, 11) is 0. The molecular formula is C21H17FN4O2S2. The van der Waals surface area contributed by atoms with Crippen molar-refractivity contribution in [2.45, 2.75) is 23.8 Å². The SMILES string of the molecule is Cc1nc(Cc2nnc(S[C@H](C(=O)Nc3ccc(F)cc3)c3ccccc3)o2)cs1. The summed E-state index contributed by atoms with van der Waals surface area (Å²) >= 11 is 2.73. The highest BCUT2D eigenvalue weighted by Crippen LogP contribution is 2.35. The topological polar surface area (TPSA) is 80.9 Å². The average Bonchev–Trinajstić information content (AvgIpc) is 3.37. The van der Waals surface area contributed by atoms with Gasteiger partial charge in [-0.15, -0.1) is 21.5 Å². The normalized spacial score (nSPS) is 11.9. The summed E-state index contributed by atoms with van der Waals surface area (Å²) < 4.78 is 18.9. The maximum atomic E-state index is 13.1. The van der Waals surface area contributed by atoms with E-state index in [1.165, 1.54) is 24.3 Å². The Morgan fingerprint density at radius 2 is 1.93 bits per heavy atom. The average molecular weight is 441 g/mol. The highest BCUT2D eigenvalue weighted by atomic mass is 32.2. The second-order valence-corrected chi connectivity index (χ2v) is 8.52. The van der Waals surface area contributed by atoms with Gasteiger partial charge < -0.3 is 9.73 Å². The predicted molar refractivity (Wildman–Crippen MR) is 114 cm³/mol. The van der Waals surface area contributed by atoms with Gasteiger partial charge in [0.05, 0.1) is 17.1 Å². The van der Waals surface area contributed by atoms with Crippen molar-refractivity contribution >= 4 is 34.7 Å². The number of benzene rings is 2. The van der Waals surface area contributed by atoms with Crippen LogP contribution >= 0.6 is 23.1 Å². The van der Waals surface area contributed by atoms with Gasteiger partial charge in [0.25, 0.3) is 5.22 Å². The van der Waals surface area contributed by atoms with Gasteiger partial charge in [-0.2, -0.15) is 0 Å². The van der Waals surface area contributed by atoms with Crippen molar-refractivity contribution in [2.24, 2.45) is 0 Å². The predicted octanol–water partition coefficient (Wildman–Crippen LogP) is 5.04. The highest BCUT2D eigenvalue weighted by Gasteiger charge is 2.25. The monoisotopic (exact) mass is 440 g/mol. The Hall–Kier alpha value is -3.04. The first-order valence-electron chi connectivity index (χ1n) is 9.08. The van der Waals surface area contributed by atoms with Gasteiger partial charge in [-0.1, -0.05) is 30.3 Å². The number of aromatic nitrogens is 3. The van der Waals surface area contributed by atoms with E-state index >= 15 is 0 Å². The van der Waals surface area contributed by atoms with E-state index < -0.39 is 5.25 Å². The van der Waals surface area contributed by atoms with E-state index in [1.807, 2.05) is 42.6 Å². The van der Waals surface area contributed by atoms with Crippen LogP contribution in [0.25, 0.3) is 0 Å². The number of anilines is 1. The number of nitrogens with one attached hydrogen (secondary N) is 1. The maximum absolute atomic E-state index is 13.1. The molecule has 0 unspecified atom stereocenters. The zero-order valence-corrected chi connectivity index (χ0v) is 17.5. The number of hydrogen-bond acceptors (Lipinski definition) is 7. The Labute approximate surface area is 180 Å². The fourth-order valence-corrected chi connectivity index (χ4v) is 4.25. The lowest BCUT2D eigenvalue weighted by atomic mass is 10.1. The third-order valence-corrected chi connectivity index (χ3v) is 6.03. The molecule has 0 aliphatic heterocycles. The van der Waals surface area contributed by atoms with E-state index in [0.717, 1.165) is 28.0 Å². The van der Waals surface area contributed by atoms with Crippen molar-refractivity contribution in [1.29, 1.82) is 0 Å². The minimum absolute atomic E-state index is 0.271. The third kappa shape index (κ3) is 5.11. The van der Waals surface area contributed by atoms with E-state index in [-0.39, 0.29) is 11.7 Å². The molecule has 0 spiro atoms. The summed E-state index contributed by atoms with van der Waals surface area (Å²) in [5.74, 6) is -0.197. The maximum Gasteiger partial charge on any atom is 0.277 e. The van der Waals surface area contributed by atoms with Crippen LogP contribution < -0.4 is 5.32 Å². The van der Waals surface area contributed by atoms with Gasteiger partial charge in [-0.05, 0) is 48.5 Å². The molecule has 0 radical (unpaired) electrons. The smallest absolute Gasteiger partial charge is 0.277 e. The Balaban J connectivity index is 1.51. The lowest BCUT2D eigenvalue weighted by Crippen LogP contribution is -2.19. The molecule has 0 bridgehead atoms. The van der Waals surface area contributed by atoms with Gasteiger partial charge in [-0.25, -0.2) is 9.37 Å². The first-order chi connectivity index (χ1) is 14.6. The fourth-order valence-electron chi connectivity index (χ4n) is 2.74. The number of carbonyl (C=O) groups excluding carboxylic acids is 1. The van der Waals surface area contributed by atoms with Gasteiger partial charge in [0.1, 0.15) is 11.1 Å². The molecule has 2 aromatic carbocycles. The molecule has 0 saturated carbocycles. The number of aryl methyl sites for hydroxylation is 1. The molecule has 4 rings (SSSR count). The Morgan fingerprint density at radius 1 is 1.17 bits per heavy atom. The summed E-state index contributed by atoms with van der Waals surface area (Å²) in [5.41, 5.74) is 2.16. The first-order valence-corrected chi connectivity index (χ1v) is 10.8. The number of amides is 1. The number of carbonyl (C=O) groups is 1. The summed E-state index contributed by atoms with van der Waals surface area (Å²) in [6.07, 6.45) is 0.440. The molecule has 0 aliphatic rings. The molecule has 2 aromatic heterocycles. The van der Waals surface area contributed by atoms with Crippen LogP contribution in [0.2, 0.25) is 0 Å². The van der Waals surface area contributed by atoms with E-state index in [2.05, 4.69) is 20.5 Å². The number of rotatable bonds is 7. The molecular weight excluding hydrogens is 423 g/mol. The van der Waals surface area contributed by atoms with Crippen LogP contribution in [0.1, 0.15) is 27.4 Å². The quantitative estimate of drug-likeness (QED) is 0.406. The van der Waals surface area contributed by atoms with Crippen LogP contribution in [-0.2, 0) is 11.2 Å².